The van der Waals surface area contributed by atoms with Gasteiger partial charge in [0.25, 0.3) is 0 Å². The number of rotatable bonds is 7. The first kappa shape index (κ1) is 18.2. The van der Waals surface area contributed by atoms with E-state index in [0.29, 0.717) is 43.3 Å². The summed E-state index contributed by atoms with van der Waals surface area (Å²) in [5.74, 6) is 1.04. The fourth-order valence-electron chi connectivity index (χ4n) is 3.09. The van der Waals surface area contributed by atoms with Crippen molar-refractivity contribution >= 4 is 34.1 Å². The average Bonchev–Trinajstić information content (AvgIpc) is 3.31. The molecular formula is C19H19ClN6O2. The highest BCUT2D eigenvalue weighted by atomic mass is 35.5. The van der Waals surface area contributed by atoms with Crippen LogP contribution in [0.4, 0.5) is 0 Å². The predicted molar refractivity (Wildman–Crippen MR) is 106 cm³/mol. The number of carbonyl (C=O) groups excluding carboxylic acids is 1. The lowest BCUT2D eigenvalue weighted by Crippen LogP contribution is -2.27. The van der Waals surface area contributed by atoms with E-state index in [1.807, 2.05) is 30.5 Å². The van der Waals surface area contributed by atoms with E-state index in [9.17, 15) is 4.79 Å². The molecule has 0 atom stereocenters. The third kappa shape index (κ3) is 3.63. The molecule has 3 aromatic heterocycles. The van der Waals surface area contributed by atoms with Gasteiger partial charge in [-0.25, -0.2) is 0 Å². The van der Waals surface area contributed by atoms with Crippen molar-refractivity contribution in [3.8, 4) is 5.88 Å². The van der Waals surface area contributed by atoms with E-state index >= 15 is 0 Å². The molecule has 8 nitrogen and oxygen atoms in total. The number of ether oxygens (including phenoxy) is 1. The fourth-order valence-corrected chi connectivity index (χ4v) is 3.32. The molecule has 0 fully saturated rings. The molecule has 0 aliphatic heterocycles. The minimum Gasteiger partial charge on any atom is -0.480 e. The number of hydrogen-bond donors (Lipinski definition) is 1. The van der Waals surface area contributed by atoms with E-state index in [2.05, 4.69) is 25.2 Å². The quantitative estimate of drug-likeness (QED) is 0.517. The fraction of sp³-hybridized carbons (Fsp3) is 0.263. The molecule has 0 aliphatic carbocycles. The molecule has 1 aromatic carbocycles. The van der Waals surface area contributed by atoms with Gasteiger partial charge in [0.2, 0.25) is 11.8 Å². The number of carbonyl (C=O) groups is 1. The van der Waals surface area contributed by atoms with Crippen LogP contribution in [0.1, 0.15) is 12.2 Å². The lowest BCUT2D eigenvalue weighted by Gasteiger charge is -2.08. The third-order valence-electron chi connectivity index (χ3n) is 4.52. The maximum atomic E-state index is 12.2. The van der Waals surface area contributed by atoms with Crippen LogP contribution in [-0.4, -0.2) is 43.9 Å². The highest BCUT2D eigenvalue weighted by molar-refractivity contribution is 6.35. The number of hydrogen-bond acceptors (Lipinski definition) is 5. The van der Waals surface area contributed by atoms with Crippen LogP contribution in [0.3, 0.4) is 0 Å². The molecule has 0 spiro atoms. The Morgan fingerprint density at radius 2 is 2.11 bits per heavy atom. The van der Waals surface area contributed by atoms with E-state index in [-0.39, 0.29) is 5.91 Å². The number of methoxy groups -OCH3 is 1. The van der Waals surface area contributed by atoms with E-state index in [4.69, 9.17) is 16.3 Å². The zero-order valence-electron chi connectivity index (χ0n) is 15.3. The molecule has 0 saturated heterocycles. The number of aryl methyl sites for hydroxylation is 1. The molecule has 0 bridgehead atoms. The number of aromatic nitrogens is 5. The molecule has 1 amide bonds. The van der Waals surface area contributed by atoms with Gasteiger partial charge < -0.3 is 14.6 Å². The first-order valence-corrected chi connectivity index (χ1v) is 9.29. The highest BCUT2D eigenvalue weighted by Gasteiger charge is 2.11. The minimum atomic E-state index is -0.0471. The van der Waals surface area contributed by atoms with Crippen molar-refractivity contribution in [3.63, 3.8) is 0 Å². The van der Waals surface area contributed by atoms with Crippen LogP contribution in [0.25, 0.3) is 16.6 Å². The molecular weight excluding hydrogens is 380 g/mol. The molecule has 9 heteroatoms. The summed E-state index contributed by atoms with van der Waals surface area (Å²) < 4.78 is 8.79. The number of amides is 1. The Labute approximate surface area is 166 Å². The maximum Gasteiger partial charge on any atom is 0.231 e. The smallest absolute Gasteiger partial charge is 0.231 e. The predicted octanol–water partition coefficient (Wildman–Crippen LogP) is 2.49. The second-order valence-electron chi connectivity index (χ2n) is 6.29. The average molecular weight is 399 g/mol. The van der Waals surface area contributed by atoms with E-state index in [0.717, 1.165) is 15.9 Å². The number of nitrogens with zero attached hydrogens (tertiary/aromatic N) is 5. The lowest BCUT2D eigenvalue weighted by atomic mass is 10.2. The summed E-state index contributed by atoms with van der Waals surface area (Å²) in [6.07, 6.45) is 2.72. The van der Waals surface area contributed by atoms with Gasteiger partial charge in [0.15, 0.2) is 11.5 Å². The van der Waals surface area contributed by atoms with Crippen LogP contribution >= 0.6 is 11.6 Å². The highest BCUT2D eigenvalue weighted by Crippen LogP contribution is 2.23. The van der Waals surface area contributed by atoms with Crippen molar-refractivity contribution < 1.29 is 9.53 Å². The zero-order valence-corrected chi connectivity index (χ0v) is 16.1. The van der Waals surface area contributed by atoms with E-state index in [1.54, 1.807) is 23.8 Å². The van der Waals surface area contributed by atoms with Gasteiger partial charge in [-0.2, -0.15) is 4.52 Å². The summed E-state index contributed by atoms with van der Waals surface area (Å²) in [5, 5.41) is 17.1. The first-order chi connectivity index (χ1) is 13.7. The van der Waals surface area contributed by atoms with Crippen LogP contribution in [0.5, 0.6) is 5.88 Å². The summed E-state index contributed by atoms with van der Waals surface area (Å²) >= 11 is 6.20. The second-order valence-corrected chi connectivity index (χ2v) is 6.70. The minimum absolute atomic E-state index is 0.0471. The Bertz CT molecular complexity index is 1140. The summed E-state index contributed by atoms with van der Waals surface area (Å²) in [7, 11) is 1.55. The largest absolute Gasteiger partial charge is 0.480 e. The van der Waals surface area contributed by atoms with Crippen LogP contribution < -0.4 is 10.1 Å². The normalized spacial score (nSPS) is 11.2. The van der Waals surface area contributed by atoms with Crippen molar-refractivity contribution in [1.29, 1.82) is 0 Å². The van der Waals surface area contributed by atoms with Crippen LogP contribution in [0, 0.1) is 0 Å². The Kier molecular flexibility index (Phi) is 5.12. The molecule has 4 rings (SSSR count). The van der Waals surface area contributed by atoms with Crippen molar-refractivity contribution in [2.24, 2.45) is 0 Å². The Morgan fingerprint density at radius 3 is 2.96 bits per heavy atom. The van der Waals surface area contributed by atoms with Crippen LogP contribution in [0.2, 0.25) is 5.02 Å². The topological polar surface area (TPSA) is 86.3 Å². The zero-order chi connectivity index (χ0) is 19.5. The van der Waals surface area contributed by atoms with Gasteiger partial charge in [-0.15, -0.1) is 15.3 Å². The number of nitrogens with one attached hydrogen (secondary N) is 1. The molecule has 0 radical (unpaired) electrons. The maximum absolute atomic E-state index is 12.2. The molecule has 0 aliphatic rings. The Morgan fingerprint density at radius 1 is 1.21 bits per heavy atom. The molecule has 3 heterocycles. The molecule has 1 N–H and O–H groups in total. The SMILES string of the molecule is COc1ccc2nnc(CCC(=O)NCCn3ccc4c(Cl)cccc43)n2n1. The van der Waals surface area contributed by atoms with Crippen molar-refractivity contribution in [3.05, 3.63) is 53.4 Å². The number of benzene rings is 1. The van der Waals surface area contributed by atoms with Gasteiger partial charge in [0, 0.05) is 54.1 Å². The summed E-state index contributed by atoms with van der Waals surface area (Å²) in [4.78, 5) is 12.2. The third-order valence-corrected chi connectivity index (χ3v) is 4.85. The summed E-state index contributed by atoms with van der Waals surface area (Å²) in [6, 6.07) is 11.3. The second kappa shape index (κ2) is 7.85. The van der Waals surface area contributed by atoms with Crippen molar-refractivity contribution in [2.75, 3.05) is 13.7 Å². The molecule has 144 valence electrons. The Hall–Kier alpha value is -3.13. The number of halogens is 1. The van der Waals surface area contributed by atoms with Gasteiger partial charge in [-0.1, -0.05) is 17.7 Å². The van der Waals surface area contributed by atoms with E-state index in [1.165, 1.54) is 0 Å². The molecule has 0 saturated carbocycles. The number of fused-ring (bicyclic) bond motifs is 2. The lowest BCUT2D eigenvalue weighted by molar-refractivity contribution is -0.121. The molecule has 4 aromatic rings. The monoisotopic (exact) mass is 398 g/mol. The van der Waals surface area contributed by atoms with Crippen LogP contribution in [0.15, 0.2) is 42.6 Å². The van der Waals surface area contributed by atoms with Crippen molar-refractivity contribution in [1.82, 2.24) is 29.7 Å². The summed E-state index contributed by atoms with van der Waals surface area (Å²) in [5.41, 5.74) is 1.67. The van der Waals surface area contributed by atoms with E-state index < -0.39 is 0 Å². The van der Waals surface area contributed by atoms with Gasteiger partial charge in [-0.3, -0.25) is 4.79 Å². The molecule has 0 unspecified atom stereocenters. The van der Waals surface area contributed by atoms with Crippen LogP contribution in [-0.2, 0) is 17.8 Å². The van der Waals surface area contributed by atoms with Crippen molar-refractivity contribution in [2.45, 2.75) is 19.4 Å². The Balaban J connectivity index is 1.32. The first-order valence-electron chi connectivity index (χ1n) is 8.91. The molecule has 28 heavy (non-hydrogen) atoms. The van der Waals surface area contributed by atoms with Gasteiger partial charge in [-0.05, 0) is 24.3 Å². The van der Waals surface area contributed by atoms with Gasteiger partial charge in [0.1, 0.15) is 0 Å². The standard InChI is InChI=1S/C19H19ClN6O2/c1-28-19-8-6-17-23-22-16(26(17)24-19)5-7-18(27)21-10-12-25-11-9-13-14(20)3-2-4-15(13)25/h2-4,6,8-9,11H,5,7,10,12H2,1H3,(H,21,27). The van der Waals surface area contributed by atoms with Gasteiger partial charge >= 0.3 is 0 Å². The van der Waals surface area contributed by atoms with Gasteiger partial charge in [0.05, 0.1) is 7.11 Å². The summed E-state index contributed by atoms with van der Waals surface area (Å²) in [6.45, 7) is 1.20.